The normalized spacial score (nSPS) is 13.5. The number of nitrogens with two attached hydrogens (primary N) is 1. The molecule has 0 fully saturated rings. The molecule has 3 N–H and O–H groups in total. The number of sulfonamides is 1. The molecule has 0 aliphatic heterocycles. The standard InChI is InChI=1S/C13H20N4O3S/c1-9(6-7-11-5-4-8-20-11)16-21(18,19)12-10(2)17(3)15-13(12)14/h4-5,8-9,16H,6-7H2,1-3H3,(H2,14,15). The van der Waals surface area contributed by atoms with Gasteiger partial charge in [0.05, 0.1) is 12.0 Å². The van der Waals surface area contributed by atoms with Gasteiger partial charge >= 0.3 is 0 Å². The van der Waals surface area contributed by atoms with Crippen molar-refractivity contribution in [2.45, 2.75) is 37.6 Å². The number of nitrogen functional groups attached to an aromatic ring is 1. The van der Waals surface area contributed by atoms with Gasteiger partial charge in [-0.3, -0.25) is 4.68 Å². The second-order valence-electron chi connectivity index (χ2n) is 5.06. The highest BCUT2D eigenvalue weighted by atomic mass is 32.2. The van der Waals surface area contributed by atoms with Crippen molar-refractivity contribution < 1.29 is 12.8 Å². The van der Waals surface area contributed by atoms with Crippen molar-refractivity contribution >= 4 is 15.8 Å². The van der Waals surface area contributed by atoms with E-state index in [9.17, 15) is 8.42 Å². The van der Waals surface area contributed by atoms with Gasteiger partial charge in [-0.05, 0) is 32.4 Å². The second kappa shape index (κ2) is 5.90. The van der Waals surface area contributed by atoms with Crippen molar-refractivity contribution in [2.24, 2.45) is 7.05 Å². The van der Waals surface area contributed by atoms with Gasteiger partial charge in [0.15, 0.2) is 5.82 Å². The lowest BCUT2D eigenvalue weighted by Gasteiger charge is -2.13. The SMILES string of the molecule is Cc1c(S(=O)(=O)NC(C)CCc2ccco2)c(N)nn1C. The van der Waals surface area contributed by atoms with E-state index in [0.717, 1.165) is 5.76 Å². The maximum atomic E-state index is 12.4. The van der Waals surface area contributed by atoms with Crippen LogP contribution in [-0.2, 0) is 23.5 Å². The van der Waals surface area contributed by atoms with Crippen molar-refractivity contribution in [1.82, 2.24) is 14.5 Å². The second-order valence-corrected chi connectivity index (χ2v) is 6.71. The number of furan rings is 1. The number of nitrogens with one attached hydrogen (secondary N) is 1. The Hall–Kier alpha value is -1.80. The van der Waals surface area contributed by atoms with E-state index in [1.54, 1.807) is 20.2 Å². The van der Waals surface area contributed by atoms with E-state index in [4.69, 9.17) is 10.2 Å². The zero-order chi connectivity index (χ0) is 15.6. The highest BCUT2D eigenvalue weighted by Gasteiger charge is 2.26. The number of anilines is 1. The zero-order valence-corrected chi connectivity index (χ0v) is 13.1. The van der Waals surface area contributed by atoms with Gasteiger partial charge < -0.3 is 10.2 Å². The number of rotatable bonds is 6. The fourth-order valence-electron chi connectivity index (χ4n) is 2.14. The van der Waals surface area contributed by atoms with Gasteiger partial charge in [-0.2, -0.15) is 5.10 Å². The van der Waals surface area contributed by atoms with Crippen LogP contribution in [0.5, 0.6) is 0 Å². The molecular weight excluding hydrogens is 292 g/mol. The Labute approximate surface area is 124 Å². The molecule has 2 heterocycles. The largest absolute Gasteiger partial charge is 0.469 e. The Morgan fingerprint density at radius 1 is 1.52 bits per heavy atom. The molecule has 1 unspecified atom stereocenters. The summed E-state index contributed by atoms with van der Waals surface area (Å²) in [6.45, 7) is 3.48. The van der Waals surface area contributed by atoms with Crippen molar-refractivity contribution in [3.63, 3.8) is 0 Å². The van der Waals surface area contributed by atoms with Crippen molar-refractivity contribution in [3.8, 4) is 0 Å². The summed E-state index contributed by atoms with van der Waals surface area (Å²) in [6.07, 6.45) is 2.90. The molecule has 2 aromatic rings. The van der Waals surface area contributed by atoms with Crippen LogP contribution in [0.25, 0.3) is 0 Å². The van der Waals surface area contributed by atoms with Crippen LogP contribution in [-0.4, -0.2) is 24.2 Å². The van der Waals surface area contributed by atoms with Crippen LogP contribution in [0.4, 0.5) is 5.82 Å². The van der Waals surface area contributed by atoms with Crippen LogP contribution in [0.1, 0.15) is 24.8 Å². The summed E-state index contributed by atoms with van der Waals surface area (Å²) in [5.74, 6) is 0.846. The molecule has 0 amide bonds. The van der Waals surface area contributed by atoms with Crippen molar-refractivity contribution in [2.75, 3.05) is 5.73 Å². The third-order valence-corrected chi connectivity index (χ3v) is 5.09. The van der Waals surface area contributed by atoms with Crippen LogP contribution in [0.2, 0.25) is 0 Å². The molecule has 1 atom stereocenters. The average molecular weight is 312 g/mol. The van der Waals surface area contributed by atoms with E-state index in [-0.39, 0.29) is 16.8 Å². The molecule has 7 nitrogen and oxygen atoms in total. The molecule has 0 spiro atoms. The Morgan fingerprint density at radius 2 is 2.24 bits per heavy atom. The molecule has 0 aliphatic rings. The first-order chi connectivity index (χ1) is 9.81. The molecule has 21 heavy (non-hydrogen) atoms. The molecule has 0 saturated heterocycles. The number of hydrogen-bond acceptors (Lipinski definition) is 5. The lowest BCUT2D eigenvalue weighted by atomic mass is 10.2. The first kappa shape index (κ1) is 15.6. The van der Waals surface area contributed by atoms with Gasteiger partial charge in [0.2, 0.25) is 10.0 Å². The van der Waals surface area contributed by atoms with Gasteiger partial charge in [0.1, 0.15) is 10.7 Å². The molecule has 116 valence electrons. The minimum Gasteiger partial charge on any atom is -0.469 e. The number of aryl methyl sites for hydroxylation is 2. The minimum absolute atomic E-state index is 0.0146. The smallest absolute Gasteiger partial charge is 0.246 e. The summed E-state index contributed by atoms with van der Waals surface area (Å²) in [4.78, 5) is 0.0508. The molecule has 0 aliphatic carbocycles. The highest BCUT2D eigenvalue weighted by molar-refractivity contribution is 7.89. The summed E-state index contributed by atoms with van der Waals surface area (Å²) in [7, 11) is -2.02. The zero-order valence-electron chi connectivity index (χ0n) is 12.3. The summed E-state index contributed by atoms with van der Waals surface area (Å²) in [6, 6.07) is 3.44. The van der Waals surface area contributed by atoms with E-state index in [0.29, 0.717) is 18.5 Å². The molecule has 0 saturated carbocycles. The Morgan fingerprint density at radius 3 is 2.76 bits per heavy atom. The van der Waals surface area contributed by atoms with E-state index in [1.165, 1.54) is 4.68 Å². The molecular formula is C13H20N4O3S. The summed E-state index contributed by atoms with van der Waals surface area (Å²) < 4.78 is 34.1. The Balaban J connectivity index is 2.06. The summed E-state index contributed by atoms with van der Waals surface area (Å²) in [5.41, 5.74) is 6.20. The quantitative estimate of drug-likeness (QED) is 0.834. The van der Waals surface area contributed by atoms with Crippen LogP contribution in [0, 0.1) is 6.92 Å². The monoisotopic (exact) mass is 312 g/mol. The van der Waals surface area contributed by atoms with E-state index < -0.39 is 10.0 Å². The molecule has 0 radical (unpaired) electrons. The predicted molar refractivity (Wildman–Crippen MR) is 79.2 cm³/mol. The van der Waals surface area contributed by atoms with Crippen LogP contribution < -0.4 is 10.5 Å². The number of aromatic nitrogens is 2. The van der Waals surface area contributed by atoms with Crippen LogP contribution in [0.15, 0.2) is 27.7 Å². The van der Waals surface area contributed by atoms with Crippen molar-refractivity contribution in [3.05, 3.63) is 29.9 Å². The molecule has 8 heteroatoms. The van der Waals surface area contributed by atoms with Gasteiger partial charge in [0, 0.05) is 19.5 Å². The van der Waals surface area contributed by atoms with Gasteiger partial charge in [0.25, 0.3) is 0 Å². The van der Waals surface area contributed by atoms with E-state index >= 15 is 0 Å². The topological polar surface area (TPSA) is 103 Å². The van der Waals surface area contributed by atoms with Crippen LogP contribution >= 0.6 is 0 Å². The number of hydrogen-bond donors (Lipinski definition) is 2. The first-order valence-corrected chi connectivity index (χ1v) is 8.13. The predicted octanol–water partition coefficient (Wildman–Crippen LogP) is 1.20. The lowest BCUT2D eigenvalue weighted by Crippen LogP contribution is -2.33. The molecule has 2 rings (SSSR count). The maximum Gasteiger partial charge on any atom is 0.246 e. The highest BCUT2D eigenvalue weighted by Crippen LogP contribution is 2.21. The van der Waals surface area contributed by atoms with E-state index in [2.05, 4.69) is 9.82 Å². The fourth-order valence-corrected chi connectivity index (χ4v) is 3.75. The molecule has 0 aromatic carbocycles. The van der Waals surface area contributed by atoms with Gasteiger partial charge in [-0.25, -0.2) is 13.1 Å². The maximum absolute atomic E-state index is 12.4. The number of nitrogens with zero attached hydrogens (tertiary/aromatic N) is 2. The first-order valence-electron chi connectivity index (χ1n) is 6.65. The van der Waals surface area contributed by atoms with Gasteiger partial charge in [-0.15, -0.1) is 0 Å². The third kappa shape index (κ3) is 3.45. The summed E-state index contributed by atoms with van der Waals surface area (Å²) >= 11 is 0. The Bertz CT molecular complexity index is 704. The summed E-state index contributed by atoms with van der Waals surface area (Å²) in [5, 5.41) is 3.93. The fraction of sp³-hybridized carbons (Fsp3) is 0.462. The third-order valence-electron chi connectivity index (χ3n) is 3.33. The minimum atomic E-state index is -3.68. The van der Waals surface area contributed by atoms with E-state index in [1.807, 2.05) is 19.1 Å². The lowest BCUT2D eigenvalue weighted by molar-refractivity contribution is 0.480. The molecule has 0 bridgehead atoms. The molecule has 2 aromatic heterocycles. The van der Waals surface area contributed by atoms with Crippen LogP contribution in [0.3, 0.4) is 0 Å². The average Bonchev–Trinajstić information content (AvgIpc) is 2.96. The Kier molecular flexibility index (Phi) is 4.38. The van der Waals surface area contributed by atoms with Gasteiger partial charge in [-0.1, -0.05) is 0 Å². The van der Waals surface area contributed by atoms with Crippen molar-refractivity contribution in [1.29, 1.82) is 0 Å².